The van der Waals surface area contributed by atoms with Crippen LogP contribution in [0, 0.1) is 28.6 Å². The molecule has 1 unspecified atom stereocenters. The molecule has 1 aromatic rings. The minimum absolute atomic E-state index is 0.454. The van der Waals surface area contributed by atoms with Crippen molar-refractivity contribution in [2.45, 2.75) is 43.9 Å². The second-order valence-corrected chi connectivity index (χ2v) is 5.22. The lowest BCUT2D eigenvalue weighted by Gasteiger charge is -2.35. The number of hydrogen-bond acceptors (Lipinski definition) is 2. The van der Waals surface area contributed by atoms with Crippen LogP contribution in [0.25, 0.3) is 0 Å². The van der Waals surface area contributed by atoms with E-state index in [0.717, 1.165) is 12.0 Å². The predicted octanol–water partition coefficient (Wildman–Crippen LogP) is 3.94. The lowest BCUT2D eigenvalue weighted by Crippen LogP contribution is -2.30. The number of rotatable bonds is 5. The smallest absolute Gasteiger partial charge is 0.0834 e. The summed E-state index contributed by atoms with van der Waals surface area (Å²) in [5.41, 5.74) is 0.622. The molecule has 0 N–H and O–H groups in total. The van der Waals surface area contributed by atoms with Crippen LogP contribution in [0.1, 0.15) is 44.1 Å². The topological polar surface area (TPSA) is 47.6 Å². The molecule has 0 radical (unpaired) electrons. The zero-order valence-electron chi connectivity index (χ0n) is 10.6. The zero-order valence-corrected chi connectivity index (χ0v) is 10.6. The van der Waals surface area contributed by atoms with Crippen LogP contribution in [0.3, 0.4) is 0 Å². The second-order valence-electron chi connectivity index (χ2n) is 5.22. The number of benzene rings is 1. The summed E-state index contributed by atoms with van der Waals surface area (Å²) in [6.07, 6.45) is 5.79. The molecule has 1 atom stereocenters. The Hall–Kier alpha value is -1.80. The molecule has 1 aliphatic carbocycles. The zero-order chi connectivity index (χ0) is 12.8. The van der Waals surface area contributed by atoms with E-state index in [2.05, 4.69) is 12.1 Å². The molecule has 1 fully saturated rings. The predicted molar refractivity (Wildman–Crippen MR) is 70.5 cm³/mol. The molecule has 1 aliphatic rings. The van der Waals surface area contributed by atoms with Crippen LogP contribution < -0.4 is 0 Å². The summed E-state index contributed by atoms with van der Waals surface area (Å²) >= 11 is 0. The normalized spacial score (nSPS) is 18.1. The molecule has 0 amide bonds. The maximum atomic E-state index is 9.67. The first-order valence-electron chi connectivity index (χ1n) is 6.64. The Bertz CT molecular complexity index is 462. The Morgan fingerprint density at radius 1 is 1.17 bits per heavy atom. The van der Waals surface area contributed by atoms with E-state index in [9.17, 15) is 5.26 Å². The van der Waals surface area contributed by atoms with Crippen LogP contribution in [-0.2, 0) is 5.41 Å². The van der Waals surface area contributed by atoms with Crippen molar-refractivity contribution >= 4 is 0 Å². The van der Waals surface area contributed by atoms with Crippen LogP contribution in [0.4, 0.5) is 0 Å². The van der Waals surface area contributed by atoms with Gasteiger partial charge in [0, 0.05) is 6.42 Å². The summed E-state index contributed by atoms with van der Waals surface area (Å²) in [6, 6.07) is 14.7. The van der Waals surface area contributed by atoms with Crippen molar-refractivity contribution in [1.29, 1.82) is 10.5 Å². The maximum Gasteiger partial charge on any atom is 0.0834 e. The molecule has 92 valence electrons. The molecule has 0 bridgehead atoms. The molecule has 1 aromatic carbocycles. The van der Waals surface area contributed by atoms with Crippen LogP contribution in [0.15, 0.2) is 30.3 Å². The van der Waals surface area contributed by atoms with Gasteiger partial charge in [0.2, 0.25) is 0 Å². The molecule has 0 aliphatic heterocycles. The Kier molecular flexibility index (Phi) is 4.00. The van der Waals surface area contributed by atoms with Crippen molar-refractivity contribution < 1.29 is 0 Å². The molecule has 1 saturated carbocycles. The first-order chi connectivity index (χ1) is 8.80. The third-order valence-corrected chi connectivity index (χ3v) is 4.07. The van der Waals surface area contributed by atoms with Gasteiger partial charge in [0.05, 0.1) is 17.6 Å². The lowest BCUT2D eigenvalue weighted by atomic mass is 9.67. The molecule has 0 saturated heterocycles. The SMILES string of the molecule is N#CCCC(C#N)(CC1CCC1)c1ccccc1. The van der Waals surface area contributed by atoms with E-state index in [1.165, 1.54) is 19.3 Å². The summed E-state index contributed by atoms with van der Waals surface area (Å²) < 4.78 is 0. The van der Waals surface area contributed by atoms with E-state index in [1.54, 1.807) is 0 Å². The van der Waals surface area contributed by atoms with Crippen molar-refractivity contribution in [3.05, 3.63) is 35.9 Å². The fraction of sp³-hybridized carbons (Fsp3) is 0.500. The maximum absolute atomic E-state index is 9.67. The van der Waals surface area contributed by atoms with Crippen molar-refractivity contribution in [1.82, 2.24) is 0 Å². The van der Waals surface area contributed by atoms with Gasteiger partial charge in [-0.05, 0) is 24.3 Å². The van der Waals surface area contributed by atoms with E-state index in [4.69, 9.17) is 5.26 Å². The number of nitrogens with zero attached hydrogens (tertiary/aromatic N) is 2. The van der Waals surface area contributed by atoms with Gasteiger partial charge in [-0.3, -0.25) is 0 Å². The van der Waals surface area contributed by atoms with Gasteiger partial charge in [-0.2, -0.15) is 10.5 Å². The highest BCUT2D eigenvalue weighted by molar-refractivity contribution is 5.32. The van der Waals surface area contributed by atoms with Gasteiger partial charge in [-0.25, -0.2) is 0 Å². The van der Waals surface area contributed by atoms with Crippen LogP contribution in [-0.4, -0.2) is 0 Å². The molecule has 2 rings (SSSR count). The van der Waals surface area contributed by atoms with Crippen molar-refractivity contribution in [3.8, 4) is 12.1 Å². The van der Waals surface area contributed by atoms with E-state index < -0.39 is 5.41 Å². The molecule has 18 heavy (non-hydrogen) atoms. The molecule has 0 heterocycles. The van der Waals surface area contributed by atoms with Crippen molar-refractivity contribution in [2.24, 2.45) is 5.92 Å². The average molecular weight is 238 g/mol. The highest BCUT2D eigenvalue weighted by Crippen LogP contribution is 2.41. The third kappa shape index (κ3) is 2.54. The first kappa shape index (κ1) is 12.7. The molecule has 0 aromatic heterocycles. The summed E-state index contributed by atoms with van der Waals surface area (Å²) in [6.45, 7) is 0. The van der Waals surface area contributed by atoms with Crippen molar-refractivity contribution in [2.75, 3.05) is 0 Å². The largest absolute Gasteiger partial charge is 0.198 e. The fourth-order valence-electron chi connectivity index (χ4n) is 2.75. The van der Waals surface area contributed by atoms with Gasteiger partial charge in [-0.15, -0.1) is 0 Å². The number of nitriles is 2. The summed E-state index contributed by atoms with van der Waals surface area (Å²) in [5, 5.41) is 18.5. The molecular weight excluding hydrogens is 220 g/mol. The average Bonchev–Trinajstić information content (AvgIpc) is 2.39. The monoisotopic (exact) mass is 238 g/mol. The first-order valence-corrected chi connectivity index (χ1v) is 6.64. The van der Waals surface area contributed by atoms with Crippen LogP contribution >= 0.6 is 0 Å². The summed E-state index contributed by atoms with van der Waals surface area (Å²) in [7, 11) is 0. The highest BCUT2D eigenvalue weighted by atomic mass is 14.4. The van der Waals surface area contributed by atoms with Gasteiger partial charge < -0.3 is 0 Å². The van der Waals surface area contributed by atoms with Gasteiger partial charge in [0.1, 0.15) is 0 Å². The van der Waals surface area contributed by atoms with Crippen molar-refractivity contribution in [3.63, 3.8) is 0 Å². The Morgan fingerprint density at radius 2 is 1.89 bits per heavy atom. The lowest BCUT2D eigenvalue weighted by molar-refractivity contribution is 0.245. The highest BCUT2D eigenvalue weighted by Gasteiger charge is 2.36. The van der Waals surface area contributed by atoms with Crippen LogP contribution in [0.2, 0.25) is 0 Å². The third-order valence-electron chi connectivity index (χ3n) is 4.07. The van der Waals surface area contributed by atoms with Gasteiger partial charge in [0.25, 0.3) is 0 Å². The summed E-state index contributed by atoms with van der Waals surface area (Å²) in [4.78, 5) is 0. The Morgan fingerprint density at radius 3 is 2.39 bits per heavy atom. The van der Waals surface area contributed by atoms with E-state index in [1.807, 2.05) is 30.3 Å². The molecule has 0 spiro atoms. The van der Waals surface area contributed by atoms with Crippen LogP contribution in [0.5, 0.6) is 0 Å². The quantitative estimate of drug-likeness (QED) is 0.780. The van der Waals surface area contributed by atoms with Gasteiger partial charge >= 0.3 is 0 Å². The van der Waals surface area contributed by atoms with Gasteiger partial charge in [-0.1, -0.05) is 49.6 Å². The Balaban J connectivity index is 2.25. The fourth-order valence-corrected chi connectivity index (χ4v) is 2.75. The second kappa shape index (κ2) is 5.69. The minimum Gasteiger partial charge on any atom is -0.198 e. The van der Waals surface area contributed by atoms with E-state index >= 15 is 0 Å². The molecule has 2 nitrogen and oxygen atoms in total. The minimum atomic E-state index is -0.456. The molecule has 2 heteroatoms. The van der Waals surface area contributed by atoms with E-state index in [-0.39, 0.29) is 0 Å². The van der Waals surface area contributed by atoms with Gasteiger partial charge in [0.15, 0.2) is 0 Å². The Labute approximate surface area is 109 Å². The standard InChI is InChI=1S/C16H18N2/c17-11-5-10-16(13-18,12-14-6-4-7-14)15-8-2-1-3-9-15/h1-3,8-9,14H,4-7,10,12H2. The number of hydrogen-bond donors (Lipinski definition) is 0. The van der Waals surface area contributed by atoms with E-state index in [0.29, 0.717) is 18.8 Å². The summed E-state index contributed by atoms with van der Waals surface area (Å²) in [5.74, 6) is 0.670. The molecular formula is C16H18N2.